The molecule has 4 heteroatoms. The molecule has 94 valence electrons. The molecule has 17 heavy (non-hydrogen) atoms. The van der Waals surface area contributed by atoms with E-state index in [1.54, 1.807) is 38.1 Å². The largest absolute Gasteiger partial charge is 0.481 e. The first-order valence-corrected chi connectivity index (χ1v) is 5.50. The van der Waals surface area contributed by atoms with E-state index in [-0.39, 0.29) is 6.61 Å². The molecule has 0 spiro atoms. The van der Waals surface area contributed by atoms with Gasteiger partial charge >= 0.3 is 5.97 Å². The van der Waals surface area contributed by atoms with E-state index in [4.69, 9.17) is 10.2 Å². The van der Waals surface area contributed by atoms with Crippen molar-refractivity contribution in [2.24, 2.45) is 0 Å². The van der Waals surface area contributed by atoms with Gasteiger partial charge in [-0.15, -0.1) is 0 Å². The molecule has 4 nitrogen and oxygen atoms in total. The molecule has 0 fully saturated rings. The van der Waals surface area contributed by atoms with Crippen molar-refractivity contribution in [1.29, 1.82) is 0 Å². The number of benzene rings is 1. The topological polar surface area (TPSA) is 77.8 Å². The van der Waals surface area contributed by atoms with Gasteiger partial charge in [-0.1, -0.05) is 24.3 Å². The molecule has 1 aromatic rings. The third-order valence-electron chi connectivity index (χ3n) is 2.78. The fraction of sp³-hybridized carbons (Fsp3) is 0.462. The number of aliphatic hydroxyl groups is 2. The molecule has 1 aromatic carbocycles. The molecule has 0 radical (unpaired) electrons. The minimum Gasteiger partial charge on any atom is -0.481 e. The van der Waals surface area contributed by atoms with Crippen LogP contribution in [0.2, 0.25) is 0 Å². The third-order valence-corrected chi connectivity index (χ3v) is 2.78. The zero-order valence-electron chi connectivity index (χ0n) is 10.1. The minimum atomic E-state index is -1.14. The number of carbonyl (C=O) groups is 1. The number of hydrogen-bond acceptors (Lipinski definition) is 3. The second-order valence-electron chi connectivity index (χ2n) is 4.63. The Morgan fingerprint density at radius 3 is 2.29 bits per heavy atom. The van der Waals surface area contributed by atoms with Crippen LogP contribution in [0.25, 0.3) is 0 Å². The highest BCUT2D eigenvalue weighted by Gasteiger charge is 2.20. The van der Waals surface area contributed by atoms with E-state index in [0.29, 0.717) is 6.42 Å². The lowest BCUT2D eigenvalue weighted by Gasteiger charge is -2.20. The molecule has 3 N–H and O–H groups in total. The summed E-state index contributed by atoms with van der Waals surface area (Å²) >= 11 is 0. The number of hydrogen-bond donors (Lipinski definition) is 3. The molecule has 0 heterocycles. The van der Waals surface area contributed by atoms with Crippen molar-refractivity contribution >= 4 is 5.97 Å². The summed E-state index contributed by atoms with van der Waals surface area (Å²) in [5, 5.41) is 27.5. The van der Waals surface area contributed by atoms with Crippen LogP contribution in [0.5, 0.6) is 0 Å². The van der Waals surface area contributed by atoms with Crippen molar-refractivity contribution in [3.05, 3.63) is 35.4 Å². The lowest BCUT2D eigenvalue weighted by molar-refractivity contribution is -0.138. The van der Waals surface area contributed by atoms with E-state index in [0.717, 1.165) is 11.1 Å². The Morgan fingerprint density at radius 1 is 1.35 bits per heavy atom. The third kappa shape index (κ3) is 3.84. The minimum absolute atomic E-state index is 0.305. The van der Waals surface area contributed by atoms with Crippen molar-refractivity contribution < 1.29 is 20.1 Å². The van der Waals surface area contributed by atoms with Crippen LogP contribution >= 0.6 is 0 Å². The summed E-state index contributed by atoms with van der Waals surface area (Å²) in [5.74, 6) is -1.40. The van der Waals surface area contributed by atoms with Gasteiger partial charge in [0.2, 0.25) is 0 Å². The quantitative estimate of drug-likeness (QED) is 0.719. The fourth-order valence-electron chi connectivity index (χ4n) is 1.56. The lowest BCUT2D eigenvalue weighted by Crippen LogP contribution is -2.31. The second kappa shape index (κ2) is 5.29. The fourth-order valence-corrected chi connectivity index (χ4v) is 1.56. The number of aliphatic hydroxyl groups excluding tert-OH is 1. The van der Waals surface area contributed by atoms with Gasteiger partial charge in [-0.2, -0.15) is 0 Å². The van der Waals surface area contributed by atoms with Crippen LogP contribution in [-0.2, 0) is 11.2 Å². The van der Waals surface area contributed by atoms with Gasteiger partial charge in [-0.05, 0) is 25.0 Å². The molecule has 0 saturated carbocycles. The summed E-state index contributed by atoms with van der Waals surface area (Å²) in [5.41, 5.74) is 0.454. The average molecular weight is 238 g/mol. The molecule has 0 bridgehead atoms. The summed E-state index contributed by atoms with van der Waals surface area (Å²) < 4.78 is 0. The van der Waals surface area contributed by atoms with E-state index < -0.39 is 17.5 Å². The number of aliphatic carboxylic acids is 1. The highest BCUT2D eigenvalue weighted by molar-refractivity contribution is 5.75. The van der Waals surface area contributed by atoms with Gasteiger partial charge in [0.15, 0.2) is 0 Å². The van der Waals surface area contributed by atoms with E-state index in [9.17, 15) is 9.90 Å². The van der Waals surface area contributed by atoms with Gasteiger partial charge in [0.1, 0.15) is 0 Å². The average Bonchev–Trinajstić information content (AvgIpc) is 2.28. The van der Waals surface area contributed by atoms with E-state index in [1.165, 1.54) is 0 Å². The Kier molecular flexibility index (Phi) is 4.26. The zero-order chi connectivity index (χ0) is 13.1. The molecule has 0 aliphatic rings. The van der Waals surface area contributed by atoms with Gasteiger partial charge in [0.05, 0.1) is 18.1 Å². The van der Waals surface area contributed by atoms with Crippen LogP contribution < -0.4 is 0 Å². The van der Waals surface area contributed by atoms with Gasteiger partial charge in [-0.25, -0.2) is 0 Å². The zero-order valence-corrected chi connectivity index (χ0v) is 10.1. The Labute approximate surface area is 101 Å². The molecule has 0 aliphatic carbocycles. The molecule has 0 amide bonds. The Balaban J connectivity index is 2.78. The van der Waals surface area contributed by atoms with Crippen molar-refractivity contribution in [2.75, 3.05) is 6.61 Å². The molecule has 1 rings (SSSR count). The Bertz CT molecular complexity index is 381. The Hall–Kier alpha value is -1.39. The second-order valence-corrected chi connectivity index (χ2v) is 4.63. The van der Waals surface area contributed by atoms with Crippen LogP contribution in [0.3, 0.4) is 0 Å². The van der Waals surface area contributed by atoms with Crippen LogP contribution in [0.4, 0.5) is 0 Å². The van der Waals surface area contributed by atoms with Crippen LogP contribution in [0.15, 0.2) is 24.3 Å². The SMILES string of the molecule is CC(C(=O)O)c1ccc(CC(C)(O)CO)cc1. The molecule has 0 aromatic heterocycles. The van der Waals surface area contributed by atoms with E-state index in [1.807, 2.05) is 0 Å². The highest BCUT2D eigenvalue weighted by atomic mass is 16.4. The highest BCUT2D eigenvalue weighted by Crippen LogP contribution is 2.18. The lowest BCUT2D eigenvalue weighted by atomic mass is 9.94. The molecule has 2 unspecified atom stereocenters. The predicted molar refractivity (Wildman–Crippen MR) is 63.9 cm³/mol. The van der Waals surface area contributed by atoms with E-state index >= 15 is 0 Å². The summed E-state index contributed by atoms with van der Waals surface area (Å²) in [7, 11) is 0. The Morgan fingerprint density at radius 2 is 1.88 bits per heavy atom. The summed E-state index contributed by atoms with van der Waals surface area (Å²) in [4.78, 5) is 10.8. The standard InChI is InChI=1S/C13H18O4/c1-9(12(15)16)11-5-3-10(4-6-11)7-13(2,17)8-14/h3-6,9,14,17H,7-8H2,1-2H3,(H,15,16). The van der Waals surface area contributed by atoms with Gasteiger partial charge in [-0.3, -0.25) is 4.79 Å². The van der Waals surface area contributed by atoms with Gasteiger partial charge in [0.25, 0.3) is 0 Å². The molecule has 2 atom stereocenters. The maximum atomic E-state index is 10.8. The maximum absolute atomic E-state index is 10.8. The first-order valence-electron chi connectivity index (χ1n) is 5.50. The molecule has 0 aliphatic heterocycles. The normalized spacial score (nSPS) is 16.2. The molecular weight excluding hydrogens is 220 g/mol. The van der Waals surface area contributed by atoms with Crippen molar-refractivity contribution in [1.82, 2.24) is 0 Å². The predicted octanol–water partition coefficient (Wildman–Crippen LogP) is 1.16. The van der Waals surface area contributed by atoms with Crippen LogP contribution in [0, 0.1) is 0 Å². The number of carboxylic acid groups (broad SMARTS) is 1. The first kappa shape index (κ1) is 13.7. The molecular formula is C13H18O4. The van der Waals surface area contributed by atoms with Crippen LogP contribution in [0.1, 0.15) is 30.9 Å². The first-order chi connectivity index (χ1) is 7.85. The van der Waals surface area contributed by atoms with Crippen molar-refractivity contribution in [3.8, 4) is 0 Å². The smallest absolute Gasteiger partial charge is 0.310 e. The van der Waals surface area contributed by atoms with E-state index in [2.05, 4.69) is 0 Å². The monoisotopic (exact) mass is 238 g/mol. The number of rotatable bonds is 5. The molecule has 0 saturated heterocycles. The maximum Gasteiger partial charge on any atom is 0.310 e. The van der Waals surface area contributed by atoms with Crippen molar-refractivity contribution in [2.45, 2.75) is 31.8 Å². The summed E-state index contributed by atoms with van der Waals surface area (Å²) in [6.07, 6.45) is 0.339. The summed E-state index contributed by atoms with van der Waals surface area (Å²) in [6.45, 7) is 2.88. The van der Waals surface area contributed by atoms with Crippen LogP contribution in [-0.4, -0.2) is 33.5 Å². The van der Waals surface area contributed by atoms with Crippen molar-refractivity contribution in [3.63, 3.8) is 0 Å². The number of carboxylic acids is 1. The van der Waals surface area contributed by atoms with Gasteiger partial charge in [0, 0.05) is 6.42 Å². The summed E-state index contributed by atoms with van der Waals surface area (Å²) in [6, 6.07) is 7.03. The van der Waals surface area contributed by atoms with Gasteiger partial charge < -0.3 is 15.3 Å².